The first-order valence-electron chi connectivity index (χ1n) is 9.72. The van der Waals surface area contributed by atoms with E-state index in [-0.39, 0.29) is 11.7 Å². The van der Waals surface area contributed by atoms with Crippen molar-refractivity contribution in [3.8, 4) is 17.2 Å². The topological polar surface area (TPSA) is 76.4 Å². The standard InChI is InChI=1S/C22H22ClNO4S/c23-19-3-6-21(18(13-19)14-24)17-1-4-20(5-2-17)29(25,26)15-16-7-9-22(10-8-16)27-11-12-28-22/h1-6,13,16H,7-12,15H2. The highest BCUT2D eigenvalue weighted by Crippen LogP contribution is 2.39. The van der Waals surface area contributed by atoms with E-state index in [1.165, 1.54) is 0 Å². The van der Waals surface area contributed by atoms with Crippen LogP contribution in [-0.4, -0.2) is 33.2 Å². The highest BCUT2D eigenvalue weighted by Gasteiger charge is 2.41. The molecule has 1 aliphatic carbocycles. The largest absolute Gasteiger partial charge is 0.348 e. The van der Waals surface area contributed by atoms with Crippen molar-refractivity contribution < 1.29 is 17.9 Å². The molecule has 4 rings (SSSR count). The molecule has 2 aromatic carbocycles. The Labute approximate surface area is 176 Å². The Balaban J connectivity index is 1.46. The van der Waals surface area contributed by atoms with Crippen LogP contribution in [0.2, 0.25) is 5.02 Å². The van der Waals surface area contributed by atoms with E-state index in [9.17, 15) is 13.7 Å². The number of nitriles is 1. The lowest BCUT2D eigenvalue weighted by molar-refractivity contribution is -0.181. The Morgan fingerprint density at radius 1 is 1.07 bits per heavy atom. The highest BCUT2D eigenvalue weighted by molar-refractivity contribution is 7.91. The van der Waals surface area contributed by atoms with Crippen LogP contribution < -0.4 is 0 Å². The molecule has 1 aliphatic heterocycles. The number of hydrogen-bond donors (Lipinski definition) is 0. The third kappa shape index (κ3) is 4.34. The van der Waals surface area contributed by atoms with Crippen LogP contribution in [0.5, 0.6) is 0 Å². The van der Waals surface area contributed by atoms with Crippen molar-refractivity contribution in [2.45, 2.75) is 36.4 Å². The van der Waals surface area contributed by atoms with Crippen molar-refractivity contribution in [1.82, 2.24) is 0 Å². The van der Waals surface area contributed by atoms with Gasteiger partial charge < -0.3 is 9.47 Å². The van der Waals surface area contributed by atoms with Gasteiger partial charge in [-0.2, -0.15) is 5.26 Å². The average molecular weight is 432 g/mol. The zero-order valence-corrected chi connectivity index (χ0v) is 17.5. The van der Waals surface area contributed by atoms with Crippen molar-refractivity contribution >= 4 is 21.4 Å². The average Bonchev–Trinajstić information content (AvgIpc) is 3.18. The van der Waals surface area contributed by atoms with Crippen LogP contribution in [0.3, 0.4) is 0 Å². The molecule has 0 N–H and O–H groups in total. The van der Waals surface area contributed by atoms with Crippen LogP contribution in [0.25, 0.3) is 11.1 Å². The van der Waals surface area contributed by atoms with Gasteiger partial charge in [0, 0.05) is 17.9 Å². The molecule has 5 nitrogen and oxygen atoms in total. The van der Waals surface area contributed by atoms with Crippen molar-refractivity contribution in [2.24, 2.45) is 5.92 Å². The second kappa shape index (κ2) is 8.08. The van der Waals surface area contributed by atoms with E-state index in [1.807, 2.05) is 0 Å². The lowest BCUT2D eigenvalue weighted by Gasteiger charge is -2.35. The van der Waals surface area contributed by atoms with Gasteiger partial charge in [-0.3, -0.25) is 0 Å². The predicted molar refractivity (Wildman–Crippen MR) is 110 cm³/mol. The molecule has 0 bridgehead atoms. The minimum absolute atomic E-state index is 0.111. The van der Waals surface area contributed by atoms with Gasteiger partial charge in [0.05, 0.1) is 35.5 Å². The van der Waals surface area contributed by atoms with E-state index in [0.717, 1.165) is 36.8 Å². The maximum atomic E-state index is 12.9. The quantitative estimate of drug-likeness (QED) is 0.707. The van der Waals surface area contributed by atoms with E-state index in [1.54, 1.807) is 42.5 Å². The SMILES string of the molecule is N#Cc1cc(Cl)ccc1-c1ccc(S(=O)(=O)CC2CCC3(CC2)OCCO3)cc1. The fraction of sp³-hybridized carbons (Fsp3) is 0.409. The van der Waals surface area contributed by atoms with Gasteiger partial charge in [-0.05, 0) is 54.2 Å². The maximum absolute atomic E-state index is 12.9. The molecule has 0 amide bonds. The predicted octanol–water partition coefficient (Wildman–Crippen LogP) is 4.59. The van der Waals surface area contributed by atoms with Gasteiger partial charge in [0.2, 0.25) is 0 Å². The summed E-state index contributed by atoms with van der Waals surface area (Å²) in [5, 5.41) is 9.82. The molecule has 29 heavy (non-hydrogen) atoms. The Kier molecular flexibility index (Phi) is 5.67. The third-order valence-electron chi connectivity index (χ3n) is 5.76. The first kappa shape index (κ1) is 20.4. The molecule has 1 heterocycles. The van der Waals surface area contributed by atoms with E-state index in [4.69, 9.17) is 21.1 Å². The normalized spacial score (nSPS) is 19.3. The van der Waals surface area contributed by atoms with Gasteiger partial charge in [0.1, 0.15) is 0 Å². The van der Waals surface area contributed by atoms with Gasteiger partial charge in [0.15, 0.2) is 15.6 Å². The van der Waals surface area contributed by atoms with Crippen molar-refractivity contribution in [2.75, 3.05) is 19.0 Å². The molecular weight excluding hydrogens is 410 g/mol. The summed E-state index contributed by atoms with van der Waals surface area (Å²) < 4.78 is 37.2. The summed E-state index contributed by atoms with van der Waals surface area (Å²) >= 11 is 5.95. The molecule has 7 heteroatoms. The maximum Gasteiger partial charge on any atom is 0.178 e. The molecule has 2 aromatic rings. The Morgan fingerprint density at radius 2 is 1.72 bits per heavy atom. The second-order valence-electron chi connectivity index (χ2n) is 7.66. The Morgan fingerprint density at radius 3 is 2.34 bits per heavy atom. The molecule has 0 unspecified atom stereocenters. The zero-order valence-electron chi connectivity index (χ0n) is 15.9. The summed E-state index contributed by atoms with van der Waals surface area (Å²) in [7, 11) is -3.38. The summed E-state index contributed by atoms with van der Waals surface area (Å²) in [6.07, 6.45) is 3.07. The van der Waals surface area contributed by atoms with E-state index < -0.39 is 15.6 Å². The van der Waals surface area contributed by atoms with Crippen LogP contribution in [0.1, 0.15) is 31.2 Å². The number of benzene rings is 2. The number of nitrogens with zero attached hydrogens (tertiary/aromatic N) is 1. The summed E-state index contributed by atoms with van der Waals surface area (Å²) in [5.41, 5.74) is 1.97. The summed E-state index contributed by atoms with van der Waals surface area (Å²) in [6, 6.07) is 14.0. The number of rotatable bonds is 4. The molecule has 1 saturated heterocycles. The molecule has 0 atom stereocenters. The lowest BCUT2D eigenvalue weighted by atomic mass is 9.86. The summed E-state index contributed by atoms with van der Waals surface area (Å²) in [5.74, 6) is -0.231. The van der Waals surface area contributed by atoms with Gasteiger partial charge in [-0.25, -0.2) is 8.42 Å². The van der Waals surface area contributed by atoms with Gasteiger partial charge in [-0.15, -0.1) is 0 Å². The van der Waals surface area contributed by atoms with Crippen LogP contribution in [0.4, 0.5) is 0 Å². The van der Waals surface area contributed by atoms with Crippen LogP contribution in [0.15, 0.2) is 47.4 Å². The molecule has 0 aromatic heterocycles. The Bertz CT molecular complexity index is 1030. The number of ether oxygens (including phenoxy) is 2. The molecule has 2 aliphatic rings. The monoisotopic (exact) mass is 431 g/mol. The van der Waals surface area contributed by atoms with Crippen molar-refractivity contribution in [3.05, 3.63) is 53.1 Å². The molecule has 152 valence electrons. The number of sulfone groups is 1. The molecular formula is C22H22ClNO4S. The van der Waals surface area contributed by atoms with Crippen molar-refractivity contribution in [3.63, 3.8) is 0 Å². The fourth-order valence-electron chi connectivity index (χ4n) is 4.18. The first-order chi connectivity index (χ1) is 13.9. The third-order valence-corrected chi connectivity index (χ3v) is 7.90. The van der Waals surface area contributed by atoms with E-state index in [2.05, 4.69) is 6.07 Å². The second-order valence-corrected chi connectivity index (χ2v) is 10.1. The minimum Gasteiger partial charge on any atom is -0.348 e. The summed E-state index contributed by atoms with van der Waals surface area (Å²) in [4.78, 5) is 0.308. The van der Waals surface area contributed by atoms with Gasteiger partial charge in [0.25, 0.3) is 0 Å². The van der Waals surface area contributed by atoms with Gasteiger partial charge >= 0.3 is 0 Å². The molecule has 2 fully saturated rings. The zero-order chi connectivity index (χ0) is 20.5. The van der Waals surface area contributed by atoms with Crippen LogP contribution >= 0.6 is 11.6 Å². The van der Waals surface area contributed by atoms with Crippen LogP contribution in [0, 0.1) is 17.2 Å². The molecule has 1 saturated carbocycles. The lowest BCUT2D eigenvalue weighted by Crippen LogP contribution is -2.36. The van der Waals surface area contributed by atoms with E-state index >= 15 is 0 Å². The van der Waals surface area contributed by atoms with Gasteiger partial charge in [-0.1, -0.05) is 29.8 Å². The number of hydrogen-bond acceptors (Lipinski definition) is 5. The fourth-order valence-corrected chi connectivity index (χ4v) is 6.05. The summed E-state index contributed by atoms with van der Waals surface area (Å²) in [6.45, 7) is 1.24. The minimum atomic E-state index is -3.38. The smallest absolute Gasteiger partial charge is 0.178 e. The Hall–Kier alpha value is -1.91. The molecule has 1 spiro atoms. The first-order valence-corrected chi connectivity index (χ1v) is 11.7. The number of halogens is 1. The van der Waals surface area contributed by atoms with E-state index in [0.29, 0.717) is 28.7 Å². The van der Waals surface area contributed by atoms with Crippen molar-refractivity contribution in [1.29, 1.82) is 5.26 Å². The molecule has 0 radical (unpaired) electrons. The van der Waals surface area contributed by atoms with Crippen LogP contribution in [-0.2, 0) is 19.3 Å². The highest BCUT2D eigenvalue weighted by atomic mass is 35.5.